The SMILES string of the molecule is C[C@H](CCl)COc1ccc2oc(=O)c3c(c2c1)CCCC3. The quantitative estimate of drug-likeness (QED) is 0.635. The zero-order valence-electron chi connectivity index (χ0n) is 12.2. The molecule has 0 bridgehead atoms. The van der Waals surface area contributed by atoms with E-state index in [0.717, 1.165) is 47.9 Å². The fraction of sp³-hybridized carbons (Fsp3) is 0.471. The first kappa shape index (κ1) is 14.5. The van der Waals surface area contributed by atoms with Gasteiger partial charge in [-0.1, -0.05) is 6.92 Å². The maximum Gasteiger partial charge on any atom is 0.339 e. The van der Waals surface area contributed by atoms with Crippen molar-refractivity contribution in [3.8, 4) is 5.75 Å². The van der Waals surface area contributed by atoms with Crippen LogP contribution < -0.4 is 10.4 Å². The third kappa shape index (κ3) is 2.93. The maximum atomic E-state index is 12.0. The van der Waals surface area contributed by atoms with Gasteiger partial charge in [0.05, 0.1) is 6.61 Å². The molecular formula is C17H19ClO3. The van der Waals surface area contributed by atoms with Crippen molar-refractivity contribution in [2.45, 2.75) is 32.6 Å². The molecule has 0 unspecified atom stereocenters. The standard InChI is InChI=1S/C17H19ClO3/c1-11(9-18)10-20-12-6-7-16-15(8-12)13-4-2-3-5-14(13)17(19)21-16/h6-8,11H,2-5,9-10H2,1H3/t11-/m1/s1. The molecule has 1 atom stereocenters. The monoisotopic (exact) mass is 306 g/mol. The van der Waals surface area contributed by atoms with Gasteiger partial charge in [-0.25, -0.2) is 4.79 Å². The molecule has 3 nitrogen and oxygen atoms in total. The van der Waals surface area contributed by atoms with Crippen LogP contribution in [-0.4, -0.2) is 12.5 Å². The van der Waals surface area contributed by atoms with E-state index in [1.807, 2.05) is 18.2 Å². The van der Waals surface area contributed by atoms with Gasteiger partial charge in [-0.05, 0) is 49.4 Å². The Morgan fingerprint density at radius 2 is 2.05 bits per heavy atom. The highest BCUT2D eigenvalue weighted by Gasteiger charge is 2.18. The second-order valence-electron chi connectivity index (χ2n) is 5.78. The summed E-state index contributed by atoms with van der Waals surface area (Å²) in [4.78, 5) is 12.0. The van der Waals surface area contributed by atoms with Crippen LogP contribution in [0.25, 0.3) is 11.0 Å². The molecule has 0 N–H and O–H groups in total. The smallest absolute Gasteiger partial charge is 0.339 e. The molecule has 0 saturated heterocycles. The van der Waals surface area contributed by atoms with E-state index in [1.54, 1.807) is 0 Å². The predicted molar refractivity (Wildman–Crippen MR) is 84.5 cm³/mol. The number of fused-ring (bicyclic) bond motifs is 3. The molecule has 0 saturated carbocycles. The van der Waals surface area contributed by atoms with Gasteiger partial charge in [-0.3, -0.25) is 0 Å². The Morgan fingerprint density at radius 3 is 2.81 bits per heavy atom. The molecule has 1 aromatic carbocycles. The minimum Gasteiger partial charge on any atom is -0.493 e. The highest BCUT2D eigenvalue weighted by atomic mass is 35.5. The van der Waals surface area contributed by atoms with Crippen molar-refractivity contribution in [3.05, 3.63) is 39.7 Å². The summed E-state index contributed by atoms with van der Waals surface area (Å²) in [7, 11) is 0. The van der Waals surface area contributed by atoms with Crippen LogP contribution in [0.3, 0.4) is 0 Å². The van der Waals surface area contributed by atoms with Crippen LogP contribution >= 0.6 is 11.6 Å². The molecule has 0 amide bonds. The predicted octanol–water partition coefficient (Wildman–Crippen LogP) is 3.93. The fourth-order valence-corrected chi connectivity index (χ4v) is 2.89. The topological polar surface area (TPSA) is 39.4 Å². The van der Waals surface area contributed by atoms with E-state index in [0.29, 0.717) is 24.0 Å². The van der Waals surface area contributed by atoms with E-state index in [-0.39, 0.29) is 5.63 Å². The van der Waals surface area contributed by atoms with Crippen LogP contribution in [0.4, 0.5) is 0 Å². The molecule has 0 fully saturated rings. The van der Waals surface area contributed by atoms with Crippen molar-refractivity contribution in [3.63, 3.8) is 0 Å². The van der Waals surface area contributed by atoms with Crippen LogP contribution in [0.2, 0.25) is 0 Å². The molecule has 3 rings (SSSR count). The Kier molecular flexibility index (Phi) is 4.20. The van der Waals surface area contributed by atoms with E-state index in [2.05, 4.69) is 6.92 Å². The molecule has 21 heavy (non-hydrogen) atoms. The lowest BCUT2D eigenvalue weighted by molar-refractivity contribution is 0.273. The number of alkyl halides is 1. The van der Waals surface area contributed by atoms with Crippen molar-refractivity contribution in [2.24, 2.45) is 5.92 Å². The minimum absolute atomic E-state index is 0.179. The Morgan fingerprint density at radius 1 is 1.29 bits per heavy atom. The summed E-state index contributed by atoms with van der Waals surface area (Å²) in [5.41, 5.74) is 2.46. The van der Waals surface area contributed by atoms with Crippen molar-refractivity contribution < 1.29 is 9.15 Å². The van der Waals surface area contributed by atoms with Gasteiger partial charge in [0.25, 0.3) is 0 Å². The van der Waals surface area contributed by atoms with Gasteiger partial charge >= 0.3 is 5.63 Å². The first-order chi connectivity index (χ1) is 10.2. The third-order valence-electron chi connectivity index (χ3n) is 3.99. The van der Waals surface area contributed by atoms with Gasteiger partial charge < -0.3 is 9.15 Å². The lowest BCUT2D eigenvalue weighted by Gasteiger charge is -2.17. The van der Waals surface area contributed by atoms with Gasteiger partial charge in [0, 0.05) is 22.7 Å². The highest BCUT2D eigenvalue weighted by Crippen LogP contribution is 2.29. The normalized spacial score (nSPS) is 15.7. The van der Waals surface area contributed by atoms with Crippen molar-refractivity contribution in [1.29, 1.82) is 0 Å². The second-order valence-corrected chi connectivity index (χ2v) is 6.09. The minimum atomic E-state index is -0.179. The van der Waals surface area contributed by atoms with Crippen molar-refractivity contribution in [2.75, 3.05) is 12.5 Å². The van der Waals surface area contributed by atoms with Crippen LogP contribution in [0, 0.1) is 5.92 Å². The molecule has 4 heteroatoms. The maximum absolute atomic E-state index is 12.0. The number of halogens is 1. The van der Waals surface area contributed by atoms with Crippen LogP contribution in [0.1, 0.15) is 30.9 Å². The average molecular weight is 307 g/mol. The largest absolute Gasteiger partial charge is 0.493 e. The summed E-state index contributed by atoms with van der Waals surface area (Å²) in [6.07, 6.45) is 3.95. The Labute approximate surface area is 128 Å². The summed E-state index contributed by atoms with van der Waals surface area (Å²) >= 11 is 5.80. The molecule has 0 aliphatic heterocycles. The van der Waals surface area contributed by atoms with E-state index >= 15 is 0 Å². The van der Waals surface area contributed by atoms with Gasteiger partial charge in [-0.2, -0.15) is 0 Å². The Bertz CT molecular complexity index is 705. The van der Waals surface area contributed by atoms with Crippen molar-refractivity contribution in [1.82, 2.24) is 0 Å². The molecule has 1 aliphatic rings. The van der Waals surface area contributed by atoms with Gasteiger partial charge in [0.15, 0.2) is 0 Å². The number of benzene rings is 1. The molecule has 2 aromatic rings. The molecular weight excluding hydrogens is 288 g/mol. The number of rotatable bonds is 4. The number of aryl methyl sites for hydroxylation is 1. The Hall–Kier alpha value is -1.48. The lowest BCUT2D eigenvalue weighted by atomic mass is 9.90. The van der Waals surface area contributed by atoms with Crippen LogP contribution in [-0.2, 0) is 12.8 Å². The summed E-state index contributed by atoms with van der Waals surface area (Å²) in [5, 5.41) is 1.01. The highest BCUT2D eigenvalue weighted by molar-refractivity contribution is 6.18. The summed E-state index contributed by atoms with van der Waals surface area (Å²) < 4.78 is 11.2. The summed E-state index contributed by atoms with van der Waals surface area (Å²) in [6.45, 7) is 2.64. The summed E-state index contributed by atoms with van der Waals surface area (Å²) in [5.74, 6) is 1.70. The first-order valence-corrected chi connectivity index (χ1v) is 8.00. The van der Waals surface area contributed by atoms with E-state index in [4.69, 9.17) is 20.8 Å². The van der Waals surface area contributed by atoms with Crippen molar-refractivity contribution >= 4 is 22.6 Å². The lowest BCUT2D eigenvalue weighted by Crippen LogP contribution is -2.16. The third-order valence-corrected chi connectivity index (χ3v) is 4.52. The second kappa shape index (κ2) is 6.10. The number of hydrogen-bond donors (Lipinski definition) is 0. The van der Waals surface area contributed by atoms with Crippen LogP contribution in [0.5, 0.6) is 5.75 Å². The van der Waals surface area contributed by atoms with Gasteiger partial charge in [0.1, 0.15) is 11.3 Å². The molecule has 1 aromatic heterocycles. The Balaban J connectivity index is 2.00. The number of ether oxygens (including phenoxy) is 1. The summed E-state index contributed by atoms with van der Waals surface area (Å²) in [6, 6.07) is 5.66. The molecule has 1 aliphatic carbocycles. The zero-order valence-corrected chi connectivity index (χ0v) is 12.9. The molecule has 1 heterocycles. The molecule has 0 spiro atoms. The average Bonchev–Trinajstić information content (AvgIpc) is 2.53. The van der Waals surface area contributed by atoms with E-state index in [1.165, 1.54) is 0 Å². The van der Waals surface area contributed by atoms with Gasteiger partial charge in [-0.15, -0.1) is 11.6 Å². The van der Waals surface area contributed by atoms with Gasteiger partial charge in [0.2, 0.25) is 0 Å². The molecule has 112 valence electrons. The van der Waals surface area contributed by atoms with Crippen LogP contribution in [0.15, 0.2) is 27.4 Å². The number of hydrogen-bond acceptors (Lipinski definition) is 3. The van der Waals surface area contributed by atoms with E-state index in [9.17, 15) is 4.79 Å². The van der Waals surface area contributed by atoms with E-state index < -0.39 is 0 Å². The zero-order chi connectivity index (χ0) is 14.8. The molecule has 0 radical (unpaired) electrons. The first-order valence-electron chi connectivity index (χ1n) is 7.46. The fourth-order valence-electron chi connectivity index (χ4n) is 2.80.